The molecule has 5 heteroatoms. The first-order valence-corrected chi connectivity index (χ1v) is 10.00. The number of piperazine rings is 1. The normalized spacial score (nSPS) is 15.0. The van der Waals surface area contributed by atoms with Crippen molar-refractivity contribution in [3.63, 3.8) is 0 Å². The third-order valence-corrected chi connectivity index (χ3v) is 5.47. The van der Waals surface area contributed by atoms with Crippen LogP contribution in [0.1, 0.15) is 47.1 Å². The van der Waals surface area contributed by atoms with Gasteiger partial charge in [-0.05, 0) is 47.4 Å². The van der Waals surface area contributed by atoms with Crippen LogP contribution in [0.15, 0.2) is 53.0 Å². The van der Waals surface area contributed by atoms with Crippen molar-refractivity contribution in [3.05, 3.63) is 69.7 Å². The van der Waals surface area contributed by atoms with Crippen molar-refractivity contribution in [2.24, 2.45) is 0 Å². The quantitative estimate of drug-likeness (QED) is 0.713. The van der Waals surface area contributed by atoms with Gasteiger partial charge in [-0.3, -0.25) is 9.59 Å². The lowest BCUT2D eigenvalue weighted by Crippen LogP contribution is -2.50. The molecule has 3 rings (SSSR count). The van der Waals surface area contributed by atoms with E-state index in [9.17, 15) is 9.59 Å². The molecule has 142 valence electrons. The number of carbonyl (C=O) groups excluding carboxylic acids is 2. The van der Waals surface area contributed by atoms with Crippen LogP contribution in [-0.2, 0) is 5.41 Å². The molecule has 0 radical (unpaired) electrons. The Morgan fingerprint density at radius 1 is 0.741 bits per heavy atom. The second kappa shape index (κ2) is 7.85. The number of carbonyl (C=O) groups is 2. The van der Waals surface area contributed by atoms with Crippen molar-refractivity contribution in [2.75, 3.05) is 26.2 Å². The predicted molar refractivity (Wildman–Crippen MR) is 111 cm³/mol. The smallest absolute Gasteiger partial charge is 0.253 e. The molecule has 0 unspecified atom stereocenters. The van der Waals surface area contributed by atoms with Crippen molar-refractivity contribution in [1.29, 1.82) is 0 Å². The van der Waals surface area contributed by atoms with Crippen molar-refractivity contribution in [3.8, 4) is 0 Å². The average Bonchev–Trinajstić information content (AvgIpc) is 2.67. The second-order valence-corrected chi connectivity index (χ2v) is 8.83. The van der Waals surface area contributed by atoms with E-state index in [1.807, 2.05) is 58.3 Å². The largest absolute Gasteiger partial charge is 0.335 e. The fourth-order valence-corrected chi connectivity index (χ4v) is 3.45. The molecule has 1 aliphatic rings. The molecule has 0 saturated carbocycles. The topological polar surface area (TPSA) is 40.6 Å². The fraction of sp³-hybridized carbons (Fsp3) is 0.364. The lowest BCUT2D eigenvalue weighted by molar-refractivity contribution is 0.0535. The van der Waals surface area contributed by atoms with Crippen LogP contribution < -0.4 is 0 Å². The Balaban J connectivity index is 1.60. The fourth-order valence-electron chi connectivity index (χ4n) is 3.18. The van der Waals surface area contributed by atoms with Crippen molar-refractivity contribution in [2.45, 2.75) is 26.2 Å². The first-order chi connectivity index (χ1) is 12.8. The van der Waals surface area contributed by atoms with E-state index < -0.39 is 0 Å². The van der Waals surface area contributed by atoms with Crippen LogP contribution >= 0.6 is 15.9 Å². The summed E-state index contributed by atoms with van der Waals surface area (Å²) in [6.45, 7) is 8.70. The molecule has 0 spiro atoms. The molecule has 4 nitrogen and oxygen atoms in total. The molecule has 0 aliphatic carbocycles. The minimum absolute atomic E-state index is 0.0177. The molecule has 2 aromatic rings. The summed E-state index contributed by atoms with van der Waals surface area (Å²) in [4.78, 5) is 29.0. The molecular formula is C22H25BrN2O2. The van der Waals surface area contributed by atoms with Crippen LogP contribution in [-0.4, -0.2) is 47.8 Å². The molecule has 0 bridgehead atoms. The van der Waals surface area contributed by atoms with Gasteiger partial charge in [0.05, 0.1) is 0 Å². The van der Waals surface area contributed by atoms with E-state index in [2.05, 4.69) is 36.7 Å². The molecule has 1 fully saturated rings. The maximum atomic E-state index is 12.8. The van der Waals surface area contributed by atoms with E-state index in [-0.39, 0.29) is 17.2 Å². The zero-order valence-corrected chi connectivity index (χ0v) is 17.6. The maximum absolute atomic E-state index is 12.8. The standard InChI is InChI=1S/C22H25BrN2O2/c1-22(2,3)18-8-4-16(5-9-18)20(26)24-12-14-25(15-13-24)21(27)17-6-10-19(23)11-7-17/h4-11H,12-15H2,1-3H3. The van der Waals surface area contributed by atoms with Crippen LogP contribution in [0.5, 0.6) is 0 Å². The zero-order valence-electron chi connectivity index (χ0n) is 16.0. The number of nitrogens with zero attached hydrogens (tertiary/aromatic N) is 2. The van der Waals surface area contributed by atoms with Gasteiger partial charge in [-0.2, -0.15) is 0 Å². The first-order valence-electron chi connectivity index (χ1n) is 9.20. The Kier molecular flexibility index (Phi) is 5.70. The zero-order chi connectivity index (χ0) is 19.6. The first kappa shape index (κ1) is 19.6. The molecule has 1 heterocycles. The number of hydrogen-bond donors (Lipinski definition) is 0. The lowest BCUT2D eigenvalue weighted by atomic mass is 9.86. The highest BCUT2D eigenvalue weighted by molar-refractivity contribution is 9.10. The van der Waals surface area contributed by atoms with Gasteiger partial charge in [0.25, 0.3) is 11.8 Å². The van der Waals surface area contributed by atoms with Gasteiger partial charge in [0.2, 0.25) is 0 Å². The number of halogens is 1. The number of hydrogen-bond acceptors (Lipinski definition) is 2. The van der Waals surface area contributed by atoms with E-state index in [1.54, 1.807) is 0 Å². The minimum atomic E-state index is 0.0177. The highest BCUT2D eigenvalue weighted by Gasteiger charge is 2.25. The highest BCUT2D eigenvalue weighted by Crippen LogP contribution is 2.23. The number of benzene rings is 2. The summed E-state index contributed by atoms with van der Waals surface area (Å²) in [5, 5.41) is 0. The van der Waals surface area contributed by atoms with Gasteiger partial charge in [0.15, 0.2) is 0 Å². The molecule has 0 atom stereocenters. The van der Waals surface area contributed by atoms with Gasteiger partial charge in [-0.1, -0.05) is 48.8 Å². The van der Waals surface area contributed by atoms with Crippen molar-refractivity contribution < 1.29 is 9.59 Å². The summed E-state index contributed by atoms with van der Waals surface area (Å²) in [5.74, 6) is 0.0512. The van der Waals surface area contributed by atoms with Crippen LogP contribution in [0.25, 0.3) is 0 Å². The SMILES string of the molecule is CC(C)(C)c1ccc(C(=O)N2CCN(C(=O)c3ccc(Br)cc3)CC2)cc1. The summed E-state index contributed by atoms with van der Waals surface area (Å²) in [6, 6.07) is 15.2. The van der Waals surface area contributed by atoms with Crippen LogP contribution in [0.2, 0.25) is 0 Å². The molecule has 27 heavy (non-hydrogen) atoms. The van der Waals surface area contributed by atoms with E-state index in [1.165, 1.54) is 5.56 Å². The average molecular weight is 429 g/mol. The summed E-state index contributed by atoms with van der Waals surface area (Å²) in [5.41, 5.74) is 2.66. The lowest BCUT2D eigenvalue weighted by Gasteiger charge is -2.35. The minimum Gasteiger partial charge on any atom is -0.335 e. The number of rotatable bonds is 2. The number of amides is 2. The summed E-state index contributed by atoms with van der Waals surface area (Å²) >= 11 is 3.38. The molecule has 1 saturated heterocycles. The Morgan fingerprint density at radius 3 is 1.48 bits per heavy atom. The monoisotopic (exact) mass is 428 g/mol. The van der Waals surface area contributed by atoms with Gasteiger partial charge in [0, 0.05) is 41.8 Å². The van der Waals surface area contributed by atoms with E-state index >= 15 is 0 Å². The van der Waals surface area contributed by atoms with Gasteiger partial charge < -0.3 is 9.80 Å². The predicted octanol–water partition coefficient (Wildman–Crippen LogP) is 4.34. The summed E-state index contributed by atoms with van der Waals surface area (Å²) in [6.07, 6.45) is 0. The van der Waals surface area contributed by atoms with Crippen molar-refractivity contribution in [1.82, 2.24) is 9.80 Å². The molecule has 1 aliphatic heterocycles. The van der Waals surface area contributed by atoms with Gasteiger partial charge in [-0.15, -0.1) is 0 Å². The highest BCUT2D eigenvalue weighted by atomic mass is 79.9. The van der Waals surface area contributed by atoms with Gasteiger partial charge in [-0.25, -0.2) is 0 Å². The van der Waals surface area contributed by atoms with Gasteiger partial charge in [0.1, 0.15) is 0 Å². The molecule has 2 aromatic carbocycles. The Hall–Kier alpha value is -2.14. The van der Waals surface area contributed by atoms with Crippen LogP contribution in [0.4, 0.5) is 0 Å². The van der Waals surface area contributed by atoms with Crippen LogP contribution in [0.3, 0.4) is 0 Å². The molecule has 0 aromatic heterocycles. The van der Waals surface area contributed by atoms with Crippen molar-refractivity contribution >= 4 is 27.7 Å². The summed E-state index contributed by atoms with van der Waals surface area (Å²) in [7, 11) is 0. The Bertz CT molecular complexity index is 815. The van der Waals surface area contributed by atoms with E-state index in [0.717, 1.165) is 4.47 Å². The van der Waals surface area contributed by atoms with E-state index in [0.29, 0.717) is 37.3 Å². The third kappa shape index (κ3) is 4.59. The van der Waals surface area contributed by atoms with E-state index in [4.69, 9.17) is 0 Å². The Labute approximate surface area is 169 Å². The molecular weight excluding hydrogens is 404 g/mol. The van der Waals surface area contributed by atoms with Gasteiger partial charge >= 0.3 is 0 Å². The second-order valence-electron chi connectivity index (χ2n) is 7.92. The third-order valence-electron chi connectivity index (χ3n) is 4.94. The maximum Gasteiger partial charge on any atom is 0.253 e. The van der Waals surface area contributed by atoms with Crippen LogP contribution in [0, 0.1) is 0 Å². The molecule has 0 N–H and O–H groups in total. The molecule has 2 amide bonds. The summed E-state index contributed by atoms with van der Waals surface area (Å²) < 4.78 is 0.951. The Morgan fingerprint density at radius 2 is 1.11 bits per heavy atom.